The second-order valence-electron chi connectivity index (χ2n) is 10.3. The number of amides is 1. The van der Waals surface area contributed by atoms with E-state index in [-0.39, 0.29) is 24.7 Å². The highest BCUT2D eigenvalue weighted by atomic mass is 35.5. The molecule has 1 aliphatic heterocycles. The summed E-state index contributed by atoms with van der Waals surface area (Å²) in [6.07, 6.45) is 1.41. The number of aliphatic hydroxyl groups excluding tert-OH is 1. The zero-order chi connectivity index (χ0) is 26.6. The average molecular weight is 517 g/mol. The number of piperidine rings is 1. The summed E-state index contributed by atoms with van der Waals surface area (Å²) in [5, 5.41) is 13.5. The summed E-state index contributed by atoms with van der Waals surface area (Å²) < 4.78 is 6.28. The van der Waals surface area contributed by atoms with Crippen molar-refractivity contribution in [2.75, 3.05) is 37.8 Å². The molecule has 0 aromatic heterocycles. The Bertz CT molecular complexity index is 1070. The van der Waals surface area contributed by atoms with Crippen molar-refractivity contribution in [3.8, 4) is 5.75 Å². The fourth-order valence-electron chi connectivity index (χ4n) is 4.87. The van der Waals surface area contributed by atoms with Gasteiger partial charge in [-0.3, -0.25) is 9.69 Å². The van der Waals surface area contributed by atoms with Crippen molar-refractivity contribution in [2.24, 2.45) is 0 Å². The van der Waals surface area contributed by atoms with Gasteiger partial charge in [-0.2, -0.15) is 0 Å². The topological polar surface area (TPSA) is 91.1 Å². The normalized spacial score (nSPS) is 16.0. The monoisotopic (exact) mass is 516 g/mol. The van der Waals surface area contributed by atoms with Crippen LogP contribution in [0.15, 0.2) is 30.3 Å². The second kappa shape index (κ2) is 11.7. The lowest BCUT2D eigenvalue weighted by Crippen LogP contribution is -2.55. The van der Waals surface area contributed by atoms with Crippen molar-refractivity contribution in [3.05, 3.63) is 52.6 Å². The van der Waals surface area contributed by atoms with Crippen LogP contribution in [0.5, 0.6) is 5.75 Å². The molecular formula is C28H41ClN4O3. The molecule has 0 spiro atoms. The molecule has 7 nitrogen and oxygen atoms in total. The number of rotatable bonds is 9. The predicted molar refractivity (Wildman–Crippen MR) is 148 cm³/mol. The van der Waals surface area contributed by atoms with Crippen LogP contribution in [0.1, 0.15) is 48.9 Å². The number of alkyl halides is 1. The van der Waals surface area contributed by atoms with E-state index < -0.39 is 5.60 Å². The molecule has 3 rings (SSSR count). The summed E-state index contributed by atoms with van der Waals surface area (Å²) in [5.41, 5.74) is 10.7. The number of anilines is 2. The first-order chi connectivity index (χ1) is 17.0. The predicted octanol–water partition coefficient (Wildman–Crippen LogP) is 4.44. The molecule has 1 heterocycles. The minimum absolute atomic E-state index is 0.0172. The highest BCUT2D eigenvalue weighted by molar-refractivity contribution is 6.17. The molecule has 1 amide bonds. The van der Waals surface area contributed by atoms with Gasteiger partial charge in [-0.25, -0.2) is 0 Å². The number of nitrogen functional groups attached to an aromatic ring is 1. The van der Waals surface area contributed by atoms with Gasteiger partial charge in [-0.05, 0) is 81.8 Å². The van der Waals surface area contributed by atoms with E-state index in [0.717, 1.165) is 59.6 Å². The van der Waals surface area contributed by atoms with Crippen LogP contribution in [0.4, 0.5) is 11.4 Å². The Kier molecular flexibility index (Phi) is 9.14. The number of nitrogens with one attached hydrogen (secondary N) is 1. The van der Waals surface area contributed by atoms with Crippen LogP contribution in [0.25, 0.3) is 0 Å². The van der Waals surface area contributed by atoms with Crippen LogP contribution in [0.3, 0.4) is 0 Å². The van der Waals surface area contributed by atoms with Gasteiger partial charge in [0.2, 0.25) is 0 Å². The van der Waals surface area contributed by atoms with E-state index in [0.29, 0.717) is 11.6 Å². The SMILES string of the molecule is Cc1cc(OC(C)(C)C(=O)N(C)C2CCN(C(CO)Nc3ccccc3CCl)CC2)c(C)c(C)c1N. The van der Waals surface area contributed by atoms with E-state index in [2.05, 4.69) is 10.2 Å². The van der Waals surface area contributed by atoms with E-state index in [1.54, 1.807) is 0 Å². The molecule has 36 heavy (non-hydrogen) atoms. The number of halogens is 1. The lowest BCUT2D eigenvalue weighted by Gasteiger charge is -2.42. The molecule has 1 aliphatic rings. The molecule has 1 saturated heterocycles. The molecule has 0 saturated carbocycles. The Labute approximate surface area is 220 Å². The first-order valence-corrected chi connectivity index (χ1v) is 13.1. The number of benzene rings is 2. The Morgan fingerprint density at radius 1 is 1.25 bits per heavy atom. The summed E-state index contributed by atoms with van der Waals surface area (Å²) in [5.74, 6) is 1.04. The third kappa shape index (κ3) is 6.07. The molecule has 1 unspecified atom stereocenters. The van der Waals surface area contributed by atoms with Crippen LogP contribution in [0, 0.1) is 20.8 Å². The van der Waals surface area contributed by atoms with Crippen molar-refractivity contribution >= 4 is 28.9 Å². The Morgan fingerprint density at radius 2 is 1.89 bits per heavy atom. The number of carbonyl (C=O) groups is 1. The molecule has 2 aromatic carbocycles. The number of nitrogens with two attached hydrogens (primary N) is 1. The lowest BCUT2D eigenvalue weighted by molar-refractivity contribution is -0.147. The second-order valence-corrected chi connectivity index (χ2v) is 10.6. The summed E-state index contributed by atoms with van der Waals surface area (Å²) in [4.78, 5) is 17.6. The van der Waals surface area contributed by atoms with Gasteiger partial charge in [0, 0.05) is 43.4 Å². The summed E-state index contributed by atoms with van der Waals surface area (Å²) >= 11 is 6.08. The quantitative estimate of drug-likeness (QED) is 0.337. The zero-order valence-electron chi connectivity index (χ0n) is 22.4. The number of para-hydroxylation sites is 1. The maximum Gasteiger partial charge on any atom is 0.266 e. The third-order valence-corrected chi connectivity index (χ3v) is 7.74. The Morgan fingerprint density at radius 3 is 2.50 bits per heavy atom. The molecule has 198 valence electrons. The summed E-state index contributed by atoms with van der Waals surface area (Å²) in [6.45, 7) is 11.0. The minimum atomic E-state index is -1.02. The van der Waals surface area contributed by atoms with Gasteiger partial charge in [0.05, 0.1) is 6.61 Å². The number of hydrogen-bond acceptors (Lipinski definition) is 6. The highest BCUT2D eigenvalue weighted by Crippen LogP contribution is 2.32. The van der Waals surface area contributed by atoms with E-state index in [4.69, 9.17) is 22.1 Å². The van der Waals surface area contributed by atoms with E-state index >= 15 is 0 Å². The van der Waals surface area contributed by atoms with E-state index in [9.17, 15) is 9.90 Å². The molecule has 0 radical (unpaired) electrons. The van der Waals surface area contributed by atoms with Crippen molar-refractivity contribution in [1.29, 1.82) is 0 Å². The minimum Gasteiger partial charge on any atom is -0.478 e. The molecule has 4 N–H and O–H groups in total. The van der Waals surface area contributed by atoms with Crippen molar-refractivity contribution in [3.63, 3.8) is 0 Å². The number of hydrogen-bond donors (Lipinski definition) is 3. The molecule has 0 aliphatic carbocycles. The van der Waals surface area contributed by atoms with Gasteiger partial charge in [0.15, 0.2) is 5.60 Å². The van der Waals surface area contributed by atoms with Gasteiger partial charge < -0.3 is 25.8 Å². The first kappa shape index (κ1) is 28.1. The van der Waals surface area contributed by atoms with Crippen molar-refractivity contribution in [1.82, 2.24) is 9.80 Å². The van der Waals surface area contributed by atoms with E-state index in [1.165, 1.54) is 0 Å². The van der Waals surface area contributed by atoms with Crippen LogP contribution in [-0.2, 0) is 10.7 Å². The molecule has 8 heteroatoms. The van der Waals surface area contributed by atoms with Gasteiger partial charge in [0.1, 0.15) is 11.9 Å². The maximum absolute atomic E-state index is 13.5. The van der Waals surface area contributed by atoms with Crippen LogP contribution >= 0.6 is 11.6 Å². The molecule has 1 fully saturated rings. The molecule has 0 bridgehead atoms. The molecule has 2 aromatic rings. The molecular weight excluding hydrogens is 476 g/mol. The number of nitrogens with zero attached hydrogens (tertiary/aromatic N) is 2. The highest BCUT2D eigenvalue weighted by Gasteiger charge is 2.37. The number of aliphatic hydroxyl groups is 1. The van der Waals surface area contributed by atoms with Crippen LogP contribution in [0.2, 0.25) is 0 Å². The number of aryl methyl sites for hydroxylation is 1. The number of likely N-dealkylation sites (N-methyl/N-ethyl adjacent to an activating group) is 1. The van der Waals surface area contributed by atoms with Gasteiger partial charge in [0.25, 0.3) is 5.91 Å². The largest absolute Gasteiger partial charge is 0.478 e. The van der Waals surface area contributed by atoms with Crippen LogP contribution < -0.4 is 15.8 Å². The average Bonchev–Trinajstić information content (AvgIpc) is 2.88. The first-order valence-electron chi connectivity index (χ1n) is 12.6. The summed E-state index contributed by atoms with van der Waals surface area (Å²) in [7, 11) is 1.86. The number of ether oxygens (including phenoxy) is 1. The standard InChI is InChI=1S/C28H41ClN4O3/c1-18-15-24(19(2)20(3)26(18)30)36-28(4,5)27(35)32(6)22-11-13-33(14-12-22)25(17-34)31-23-10-8-7-9-21(23)16-29/h7-10,15,22,25,31,34H,11-14,16-17,30H2,1-6H3. The Balaban J connectivity index is 1.63. The van der Waals surface area contributed by atoms with E-state index in [1.807, 2.05) is 76.9 Å². The number of likely N-dealkylation sites (tertiary alicyclic amines) is 1. The maximum atomic E-state index is 13.5. The fraction of sp³-hybridized carbons (Fsp3) is 0.536. The lowest BCUT2D eigenvalue weighted by atomic mass is 9.99. The number of carbonyl (C=O) groups excluding carboxylic acids is 1. The van der Waals surface area contributed by atoms with Gasteiger partial charge in [-0.1, -0.05) is 18.2 Å². The van der Waals surface area contributed by atoms with Gasteiger partial charge in [-0.15, -0.1) is 11.6 Å². The third-order valence-electron chi connectivity index (χ3n) is 7.45. The van der Waals surface area contributed by atoms with Crippen molar-refractivity contribution in [2.45, 2.75) is 71.1 Å². The Hall–Kier alpha value is -2.48. The zero-order valence-corrected chi connectivity index (χ0v) is 23.2. The van der Waals surface area contributed by atoms with Gasteiger partial charge >= 0.3 is 0 Å². The van der Waals surface area contributed by atoms with Crippen molar-refractivity contribution < 1.29 is 14.6 Å². The molecule has 1 atom stereocenters. The smallest absolute Gasteiger partial charge is 0.266 e. The fourth-order valence-corrected chi connectivity index (χ4v) is 5.11. The van der Waals surface area contributed by atoms with Crippen LogP contribution in [-0.4, -0.2) is 65.4 Å². The summed E-state index contributed by atoms with van der Waals surface area (Å²) in [6, 6.07) is 9.88.